The molecule has 26 heavy (non-hydrogen) atoms. The number of H-pyrrole nitrogens is 1. The first kappa shape index (κ1) is 18.5. The molecule has 1 amide bonds. The van der Waals surface area contributed by atoms with Crippen molar-refractivity contribution in [3.8, 4) is 5.75 Å². The zero-order chi connectivity index (χ0) is 18.7. The maximum absolute atomic E-state index is 13.0. The van der Waals surface area contributed by atoms with Crippen LogP contribution in [0.25, 0.3) is 0 Å². The number of nitrogens with zero attached hydrogens (tertiary/aromatic N) is 2. The van der Waals surface area contributed by atoms with E-state index in [1.54, 1.807) is 4.90 Å². The summed E-state index contributed by atoms with van der Waals surface area (Å²) in [5.74, 6) is 0.799. The van der Waals surface area contributed by atoms with Gasteiger partial charge in [-0.3, -0.25) is 9.89 Å². The van der Waals surface area contributed by atoms with E-state index in [0.717, 1.165) is 22.6 Å². The van der Waals surface area contributed by atoms with Gasteiger partial charge in [0.2, 0.25) is 0 Å². The normalized spacial score (nSPS) is 19.1. The maximum Gasteiger partial charge on any atom is 0.274 e. The highest BCUT2D eigenvalue weighted by molar-refractivity contribution is 5.94. The molecule has 3 rings (SSSR count). The van der Waals surface area contributed by atoms with E-state index in [2.05, 4.69) is 10.2 Å². The Labute approximate surface area is 154 Å². The van der Waals surface area contributed by atoms with Crippen LogP contribution >= 0.6 is 0 Å². The number of aryl methyl sites for hydroxylation is 1. The van der Waals surface area contributed by atoms with Crippen molar-refractivity contribution in [1.29, 1.82) is 0 Å². The SMILES string of the molecule is CCN(CCOc1ccccc1C)C(=O)c1n[nH]c2c1C[C@H](C)O[C@@H]2C. The maximum atomic E-state index is 13.0. The number of rotatable bonds is 6. The number of aromatic nitrogens is 2. The third kappa shape index (κ3) is 3.75. The smallest absolute Gasteiger partial charge is 0.274 e. The van der Waals surface area contributed by atoms with Gasteiger partial charge in [-0.15, -0.1) is 0 Å². The number of ether oxygens (including phenoxy) is 2. The first-order chi connectivity index (χ1) is 12.5. The van der Waals surface area contributed by atoms with Crippen LogP contribution in [0.15, 0.2) is 24.3 Å². The molecule has 2 atom stereocenters. The van der Waals surface area contributed by atoms with Crippen LogP contribution in [-0.4, -0.2) is 46.8 Å². The van der Waals surface area contributed by atoms with E-state index >= 15 is 0 Å². The molecule has 1 aliphatic heterocycles. The van der Waals surface area contributed by atoms with Gasteiger partial charge in [0.1, 0.15) is 12.4 Å². The second-order valence-corrected chi connectivity index (χ2v) is 6.76. The van der Waals surface area contributed by atoms with E-state index in [9.17, 15) is 4.79 Å². The van der Waals surface area contributed by atoms with Crippen molar-refractivity contribution in [3.05, 3.63) is 46.8 Å². The highest BCUT2D eigenvalue weighted by atomic mass is 16.5. The van der Waals surface area contributed by atoms with Crippen molar-refractivity contribution < 1.29 is 14.3 Å². The third-order valence-electron chi connectivity index (χ3n) is 4.82. The minimum absolute atomic E-state index is 0.0558. The van der Waals surface area contributed by atoms with Gasteiger partial charge in [-0.1, -0.05) is 18.2 Å². The lowest BCUT2D eigenvalue weighted by Gasteiger charge is -2.26. The lowest BCUT2D eigenvalue weighted by atomic mass is 9.99. The van der Waals surface area contributed by atoms with E-state index in [-0.39, 0.29) is 18.1 Å². The number of nitrogens with one attached hydrogen (secondary N) is 1. The fourth-order valence-corrected chi connectivity index (χ4v) is 3.39. The quantitative estimate of drug-likeness (QED) is 0.861. The highest BCUT2D eigenvalue weighted by Crippen LogP contribution is 2.30. The van der Waals surface area contributed by atoms with Crippen molar-refractivity contribution in [3.63, 3.8) is 0 Å². The summed E-state index contributed by atoms with van der Waals surface area (Å²) < 4.78 is 11.6. The first-order valence-electron chi connectivity index (χ1n) is 9.21. The van der Waals surface area contributed by atoms with Crippen LogP contribution in [0.4, 0.5) is 0 Å². The number of hydrogen-bond donors (Lipinski definition) is 1. The summed E-state index contributed by atoms with van der Waals surface area (Å²) in [6, 6.07) is 7.89. The number of hydrogen-bond acceptors (Lipinski definition) is 4. The number of amides is 1. The Kier molecular flexibility index (Phi) is 5.61. The van der Waals surface area contributed by atoms with Crippen LogP contribution in [0, 0.1) is 6.92 Å². The molecule has 0 unspecified atom stereocenters. The van der Waals surface area contributed by atoms with Crippen LogP contribution in [0.1, 0.15) is 54.2 Å². The molecule has 0 fully saturated rings. The average Bonchev–Trinajstić information content (AvgIpc) is 3.04. The average molecular weight is 357 g/mol. The van der Waals surface area contributed by atoms with Gasteiger partial charge in [-0.25, -0.2) is 0 Å². The molecule has 1 aromatic carbocycles. The van der Waals surface area contributed by atoms with E-state index < -0.39 is 0 Å². The first-order valence-corrected chi connectivity index (χ1v) is 9.21. The van der Waals surface area contributed by atoms with Crippen molar-refractivity contribution in [2.24, 2.45) is 0 Å². The number of carbonyl (C=O) groups excluding carboxylic acids is 1. The molecule has 1 aliphatic rings. The Balaban J connectivity index is 1.67. The highest BCUT2D eigenvalue weighted by Gasteiger charge is 2.31. The Bertz CT molecular complexity index is 771. The van der Waals surface area contributed by atoms with E-state index in [1.165, 1.54) is 0 Å². The van der Waals surface area contributed by atoms with Gasteiger partial charge < -0.3 is 14.4 Å². The molecule has 0 spiro atoms. The number of carbonyl (C=O) groups is 1. The summed E-state index contributed by atoms with van der Waals surface area (Å²) in [5, 5.41) is 7.29. The molecule has 2 aromatic rings. The van der Waals surface area contributed by atoms with Crippen LogP contribution in [0.2, 0.25) is 0 Å². The van der Waals surface area contributed by atoms with Crippen LogP contribution < -0.4 is 4.74 Å². The third-order valence-corrected chi connectivity index (χ3v) is 4.82. The lowest BCUT2D eigenvalue weighted by molar-refractivity contribution is -0.00702. The van der Waals surface area contributed by atoms with E-state index in [0.29, 0.717) is 31.8 Å². The van der Waals surface area contributed by atoms with Crippen LogP contribution in [0.3, 0.4) is 0 Å². The van der Waals surface area contributed by atoms with E-state index in [1.807, 2.05) is 52.0 Å². The van der Waals surface area contributed by atoms with Crippen molar-refractivity contribution in [2.45, 2.75) is 46.3 Å². The molecule has 0 saturated heterocycles. The summed E-state index contributed by atoms with van der Waals surface area (Å²) in [4.78, 5) is 14.8. The zero-order valence-corrected chi connectivity index (χ0v) is 15.9. The number of likely N-dealkylation sites (N-methyl/N-ethyl adjacent to an activating group) is 1. The topological polar surface area (TPSA) is 67.5 Å². The van der Waals surface area contributed by atoms with Gasteiger partial charge in [0.15, 0.2) is 5.69 Å². The molecule has 6 heteroatoms. The second kappa shape index (κ2) is 7.91. The van der Waals surface area contributed by atoms with Gasteiger partial charge in [0.25, 0.3) is 5.91 Å². The van der Waals surface area contributed by atoms with E-state index in [4.69, 9.17) is 9.47 Å². The van der Waals surface area contributed by atoms with Gasteiger partial charge in [0.05, 0.1) is 24.4 Å². The molecule has 0 radical (unpaired) electrons. The largest absolute Gasteiger partial charge is 0.491 e. The Morgan fingerprint density at radius 3 is 2.88 bits per heavy atom. The van der Waals surface area contributed by atoms with Crippen LogP contribution in [0.5, 0.6) is 5.75 Å². The number of benzene rings is 1. The summed E-state index contributed by atoms with van der Waals surface area (Å²) in [5.41, 5.74) is 3.50. The van der Waals surface area contributed by atoms with Crippen molar-refractivity contribution in [2.75, 3.05) is 19.7 Å². The molecule has 0 aliphatic carbocycles. The molecular formula is C20H27N3O3. The number of fused-ring (bicyclic) bond motifs is 1. The zero-order valence-electron chi connectivity index (χ0n) is 15.9. The predicted octanol–water partition coefficient (Wildman–Crippen LogP) is 3.28. The molecule has 6 nitrogen and oxygen atoms in total. The van der Waals surface area contributed by atoms with Gasteiger partial charge >= 0.3 is 0 Å². The summed E-state index contributed by atoms with van der Waals surface area (Å²) >= 11 is 0. The fraction of sp³-hybridized carbons (Fsp3) is 0.500. The van der Waals surface area contributed by atoms with Gasteiger partial charge in [0, 0.05) is 18.5 Å². The predicted molar refractivity (Wildman–Crippen MR) is 99.5 cm³/mol. The van der Waals surface area contributed by atoms with Gasteiger partial charge in [-0.2, -0.15) is 5.10 Å². The summed E-state index contributed by atoms with van der Waals surface area (Å²) in [6.45, 7) is 9.57. The lowest BCUT2D eigenvalue weighted by Crippen LogP contribution is -2.35. The molecule has 2 heterocycles. The number of aromatic amines is 1. The van der Waals surface area contributed by atoms with Crippen molar-refractivity contribution in [1.82, 2.24) is 15.1 Å². The Morgan fingerprint density at radius 2 is 2.15 bits per heavy atom. The monoisotopic (exact) mass is 357 g/mol. The molecule has 140 valence electrons. The minimum Gasteiger partial charge on any atom is -0.491 e. The minimum atomic E-state index is -0.0673. The molecule has 1 aromatic heterocycles. The van der Waals surface area contributed by atoms with Crippen molar-refractivity contribution >= 4 is 5.91 Å². The molecule has 0 saturated carbocycles. The summed E-state index contributed by atoms with van der Waals surface area (Å²) in [6.07, 6.45) is 0.720. The standard InChI is InChI=1S/C20H27N3O3/c1-5-23(10-11-25-17-9-7-6-8-13(17)2)20(24)19-16-12-14(3)26-15(4)18(16)21-22-19/h6-9,14-15H,5,10-12H2,1-4H3,(H,21,22)/t14-,15+/m0/s1. The Morgan fingerprint density at radius 1 is 1.38 bits per heavy atom. The fourth-order valence-electron chi connectivity index (χ4n) is 3.39. The summed E-state index contributed by atoms with van der Waals surface area (Å²) in [7, 11) is 0. The van der Waals surface area contributed by atoms with Crippen LogP contribution in [-0.2, 0) is 11.2 Å². The second-order valence-electron chi connectivity index (χ2n) is 6.76. The Hall–Kier alpha value is -2.34. The molecule has 0 bridgehead atoms. The van der Waals surface area contributed by atoms with Gasteiger partial charge in [-0.05, 0) is 39.3 Å². The number of para-hydroxylation sites is 1. The molecule has 1 N–H and O–H groups in total. The molecular weight excluding hydrogens is 330 g/mol.